The Kier molecular flexibility index (Phi) is 4.12. The molecule has 0 amide bonds. The smallest absolute Gasteiger partial charge is 0.168 e. The first-order chi connectivity index (χ1) is 9.47. The molecule has 0 spiro atoms. The molecule has 0 unspecified atom stereocenters. The fraction of sp³-hybridized carbons (Fsp3) is 0.389. The van der Waals surface area contributed by atoms with Crippen LogP contribution < -0.4 is 4.74 Å². The fourth-order valence-electron chi connectivity index (χ4n) is 2.17. The topological polar surface area (TPSA) is 26.3 Å². The summed E-state index contributed by atoms with van der Waals surface area (Å²) < 4.78 is 5.50. The average molecular weight is 270 g/mol. The molecular formula is C18H22O2. The SMILES string of the molecule is CCOc1ccc2cc(C(=O)C(C)(C)CC)ccc2c1. The van der Waals surface area contributed by atoms with Crippen molar-refractivity contribution in [3.05, 3.63) is 42.0 Å². The molecule has 0 heterocycles. The number of ketones is 1. The van der Waals surface area contributed by atoms with E-state index in [9.17, 15) is 4.79 Å². The van der Waals surface area contributed by atoms with Gasteiger partial charge in [0.15, 0.2) is 5.78 Å². The normalized spacial score (nSPS) is 11.6. The largest absolute Gasteiger partial charge is 0.494 e. The highest BCUT2D eigenvalue weighted by Gasteiger charge is 2.26. The zero-order valence-electron chi connectivity index (χ0n) is 12.7. The van der Waals surface area contributed by atoms with E-state index in [1.807, 2.05) is 64.1 Å². The van der Waals surface area contributed by atoms with E-state index in [1.165, 1.54) is 0 Å². The molecule has 0 saturated carbocycles. The molecule has 0 radical (unpaired) electrons. The highest BCUT2D eigenvalue weighted by molar-refractivity contribution is 6.03. The minimum Gasteiger partial charge on any atom is -0.494 e. The lowest BCUT2D eigenvalue weighted by Gasteiger charge is -2.21. The molecule has 0 aliphatic rings. The van der Waals surface area contributed by atoms with Crippen molar-refractivity contribution in [1.82, 2.24) is 0 Å². The van der Waals surface area contributed by atoms with Gasteiger partial charge in [-0.1, -0.05) is 39.0 Å². The number of Topliss-reactive ketones (excluding diaryl/α,β-unsaturated/α-hetero) is 1. The zero-order chi connectivity index (χ0) is 14.8. The van der Waals surface area contributed by atoms with E-state index in [4.69, 9.17) is 4.74 Å². The van der Waals surface area contributed by atoms with Crippen LogP contribution in [-0.2, 0) is 0 Å². The van der Waals surface area contributed by atoms with Gasteiger partial charge >= 0.3 is 0 Å². The first kappa shape index (κ1) is 14.6. The summed E-state index contributed by atoms with van der Waals surface area (Å²) in [4.78, 5) is 12.5. The molecule has 0 bridgehead atoms. The van der Waals surface area contributed by atoms with E-state index in [2.05, 4.69) is 0 Å². The maximum Gasteiger partial charge on any atom is 0.168 e. The van der Waals surface area contributed by atoms with Crippen LogP contribution in [0, 0.1) is 5.41 Å². The van der Waals surface area contributed by atoms with E-state index in [-0.39, 0.29) is 11.2 Å². The van der Waals surface area contributed by atoms with Gasteiger partial charge in [0, 0.05) is 11.0 Å². The Morgan fingerprint density at radius 1 is 1.05 bits per heavy atom. The molecule has 0 saturated heterocycles. The van der Waals surface area contributed by atoms with Crippen molar-refractivity contribution in [2.45, 2.75) is 34.1 Å². The predicted octanol–water partition coefficient (Wildman–Crippen LogP) is 4.86. The summed E-state index contributed by atoms with van der Waals surface area (Å²) in [5.74, 6) is 1.07. The van der Waals surface area contributed by atoms with Gasteiger partial charge < -0.3 is 4.74 Å². The highest BCUT2D eigenvalue weighted by Crippen LogP contribution is 2.28. The van der Waals surface area contributed by atoms with E-state index < -0.39 is 0 Å². The molecule has 2 heteroatoms. The molecule has 2 nitrogen and oxygen atoms in total. The minimum absolute atomic E-state index is 0.204. The van der Waals surface area contributed by atoms with Gasteiger partial charge in [0.05, 0.1) is 6.61 Å². The van der Waals surface area contributed by atoms with Gasteiger partial charge in [0.25, 0.3) is 0 Å². The Balaban J connectivity index is 2.40. The Labute approximate surface area is 120 Å². The second-order valence-corrected chi connectivity index (χ2v) is 5.72. The van der Waals surface area contributed by atoms with Crippen LogP contribution in [0.4, 0.5) is 0 Å². The average Bonchev–Trinajstić information content (AvgIpc) is 2.46. The molecular weight excluding hydrogens is 248 g/mol. The monoisotopic (exact) mass is 270 g/mol. The molecule has 0 aromatic heterocycles. The second-order valence-electron chi connectivity index (χ2n) is 5.72. The van der Waals surface area contributed by atoms with Crippen LogP contribution in [0.5, 0.6) is 5.75 Å². The Morgan fingerprint density at radius 2 is 1.70 bits per heavy atom. The Morgan fingerprint density at radius 3 is 2.35 bits per heavy atom. The summed E-state index contributed by atoms with van der Waals surface area (Å²) in [5, 5.41) is 2.17. The number of rotatable bonds is 5. The summed E-state index contributed by atoms with van der Waals surface area (Å²) in [5.41, 5.74) is 0.479. The van der Waals surface area contributed by atoms with Crippen LogP contribution in [0.3, 0.4) is 0 Å². The van der Waals surface area contributed by atoms with Gasteiger partial charge in [-0.25, -0.2) is 0 Å². The third-order valence-electron chi connectivity index (χ3n) is 3.88. The van der Waals surface area contributed by atoms with Gasteiger partial charge in [0.1, 0.15) is 5.75 Å². The molecule has 106 valence electrons. The number of fused-ring (bicyclic) bond motifs is 1. The van der Waals surface area contributed by atoms with Crippen molar-refractivity contribution in [2.75, 3.05) is 6.61 Å². The maximum atomic E-state index is 12.5. The Bertz CT molecular complexity index is 626. The number of benzene rings is 2. The summed E-state index contributed by atoms with van der Waals surface area (Å²) in [6.07, 6.45) is 0.840. The van der Waals surface area contributed by atoms with Crippen molar-refractivity contribution < 1.29 is 9.53 Å². The van der Waals surface area contributed by atoms with Gasteiger partial charge in [-0.05, 0) is 42.3 Å². The van der Waals surface area contributed by atoms with Crippen molar-refractivity contribution in [3.8, 4) is 5.75 Å². The molecule has 0 aliphatic carbocycles. The van der Waals surface area contributed by atoms with Crippen LogP contribution in [0.15, 0.2) is 36.4 Å². The summed E-state index contributed by atoms with van der Waals surface area (Å²) in [6, 6.07) is 11.9. The van der Waals surface area contributed by atoms with Crippen molar-refractivity contribution in [3.63, 3.8) is 0 Å². The van der Waals surface area contributed by atoms with E-state index >= 15 is 0 Å². The second kappa shape index (κ2) is 5.66. The summed E-state index contributed by atoms with van der Waals surface area (Å²) in [7, 11) is 0. The van der Waals surface area contributed by atoms with Crippen molar-refractivity contribution >= 4 is 16.6 Å². The molecule has 2 aromatic rings. The van der Waals surface area contributed by atoms with Crippen molar-refractivity contribution in [1.29, 1.82) is 0 Å². The van der Waals surface area contributed by atoms with E-state index in [0.29, 0.717) is 6.61 Å². The number of hydrogen-bond acceptors (Lipinski definition) is 2. The lowest BCUT2D eigenvalue weighted by atomic mass is 9.81. The summed E-state index contributed by atoms with van der Waals surface area (Å²) >= 11 is 0. The minimum atomic E-state index is -0.307. The lowest BCUT2D eigenvalue weighted by Crippen LogP contribution is -2.23. The number of hydrogen-bond donors (Lipinski definition) is 0. The standard InChI is InChI=1S/C18H22O2/c1-5-18(3,4)17(19)15-8-7-14-12-16(20-6-2)10-9-13(14)11-15/h7-12H,5-6H2,1-4H3. The van der Waals surface area contributed by atoms with E-state index in [1.54, 1.807) is 0 Å². The molecule has 20 heavy (non-hydrogen) atoms. The highest BCUT2D eigenvalue weighted by atomic mass is 16.5. The Hall–Kier alpha value is -1.83. The maximum absolute atomic E-state index is 12.5. The molecule has 2 rings (SSSR count). The fourth-order valence-corrected chi connectivity index (χ4v) is 2.17. The van der Waals surface area contributed by atoms with Crippen LogP contribution in [0.25, 0.3) is 10.8 Å². The first-order valence-electron chi connectivity index (χ1n) is 7.19. The predicted molar refractivity (Wildman–Crippen MR) is 83.5 cm³/mol. The third-order valence-corrected chi connectivity index (χ3v) is 3.88. The molecule has 0 fully saturated rings. The zero-order valence-corrected chi connectivity index (χ0v) is 12.7. The van der Waals surface area contributed by atoms with Gasteiger partial charge in [0.2, 0.25) is 0 Å². The van der Waals surface area contributed by atoms with Gasteiger partial charge in [-0.2, -0.15) is 0 Å². The number of carbonyl (C=O) groups is 1. The number of ether oxygens (including phenoxy) is 1. The number of carbonyl (C=O) groups excluding carboxylic acids is 1. The quantitative estimate of drug-likeness (QED) is 0.725. The van der Waals surface area contributed by atoms with Crippen LogP contribution in [0.1, 0.15) is 44.5 Å². The van der Waals surface area contributed by atoms with Crippen LogP contribution in [0.2, 0.25) is 0 Å². The van der Waals surface area contributed by atoms with Crippen molar-refractivity contribution in [2.24, 2.45) is 5.41 Å². The van der Waals surface area contributed by atoms with E-state index in [0.717, 1.165) is 28.5 Å². The molecule has 0 atom stereocenters. The molecule has 0 N–H and O–H groups in total. The third kappa shape index (κ3) is 2.84. The molecule has 2 aromatic carbocycles. The van der Waals surface area contributed by atoms with Crippen LogP contribution in [-0.4, -0.2) is 12.4 Å². The molecule has 0 aliphatic heterocycles. The first-order valence-corrected chi connectivity index (χ1v) is 7.19. The van der Waals surface area contributed by atoms with Gasteiger partial charge in [-0.3, -0.25) is 4.79 Å². The van der Waals surface area contributed by atoms with Crippen LogP contribution >= 0.6 is 0 Å². The van der Waals surface area contributed by atoms with Gasteiger partial charge in [-0.15, -0.1) is 0 Å². The summed E-state index contributed by atoms with van der Waals surface area (Å²) in [6.45, 7) is 8.67. The lowest BCUT2D eigenvalue weighted by molar-refractivity contribution is 0.0833.